The highest BCUT2D eigenvalue weighted by Gasteiger charge is 2.50. The van der Waals surface area contributed by atoms with E-state index >= 15 is 0 Å². The zero-order valence-corrected chi connectivity index (χ0v) is 28.7. The molecule has 0 fully saturated rings. The van der Waals surface area contributed by atoms with Crippen LogP contribution in [0.4, 0.5) is 21.5 Å². The van der Waals surface area contributed by atoms with Crippen molar-refractivity contribution in [2.75, 3.05) is 4.90 Å². The summed E-state index contributed by atoms with van der Waals surface area (Å²) in [5, 5.41) is 7.01. The Bertz CT molecular complexity index is 3400. The molecule has 0 saturated heterocycles. The topological polar surface area (TPSA) is 34.5 Å². The standard InChI is InChI=1S/C48H26BFN2O2/c50-29-21-19-25(20-22-29)28-23-36-44-37(24-28)52-35-16-4-10-27-8-2-12-31(41(27)35)33-14-6-18-39-43(33)46(52)48(54-39)49(44)47-45-42-32(13-5-17-38(42)53-47)30-11-1-7-26-9-3-15-34(40(26)30)51(36)45/h1-11,13-24,31H,12H2. The summed E-state index contributed by atoms with van der Waals surface area (Å²) >= 11 is 0. The predicted molar refractivity (Wildman–Crippen MR) is 218 cm³/mol. The van der Waals surface area contributed by atoms with E-state index in [1.807, 2.05) is 12.1 Å². The lowest BCUT2D eigenvalue weighted by atomic mass is 9.38. The van der Waals surface area contributed by atoms with Crippen LogP contribution in [-0.2, 0) is 0 Å². The number of halogens is 1. The molecule has 1 aliphatic carbocycles. The Morgan fingerprint density at radius 3 is 2.28 bits per heavy atom. The zero-order chi connectivity index (χ0) is 35.0. The minimum Gasteiger partial charge on any atom is -0.468 e. The lowest BCUT2D eigenvalue weighted by molar-refractivity contribution is 0.628. The van der Waals surface area contributed by atoms with Crippen molar-refractivity contribution in [3.05, 3.63) is 156 Å². The summed E-state index contributed by atoms with van der Waals surface area (Å²) < 4.78 is 31.3. The number of nitrogens with zero attached hydrogens (tertiary/aromatic N) is 2. The smallest absolute Gasteiger partial charge is 0.342 e. The van der Waals surface area contributed by atoms with Crippen molar-refractivity contribution in [2.45, 2.75) is 12.3 Å². The minimum atomic E-state index is -0.304. The molecule has 1 atom stereocenters. The van der Waals surface area contributed by atoms with Crippen LogP contribution in [0.25, 0.3) is 77.4 Å². The molecule has 0 spiro atoms. The second-order valence-electron chi connectivity index (χ2n) is 15.2. The largest absolute Gasteiger partial charge is 0.468 e. The molecule has 0 radical (unpaired) electrons. The molecule has 6 heterocycles. The number of benzene rings is 7. The Kier molecular flexibility index (Phi) is 4.85. The number of hydrogen-bond donors (Lipinski definition) is 0. The summed E-state index contributed by atoms with van der Waals surface area (Å²) in [7, 11) is 0. The van der Waals surface area contributed by atoms with Crippen molar-refractivity contribution >= 4 is 101 Å². The fourth-order valence-electron chi connectivity index (χ4n) is 10.7. The van der Waals surface area contributed by atoms with E-state index in [1.165, 1.54) is 38.5 Å². The predicted octanol–water partition coefficient (Wildman–Crippen LogP) is 10.7. The van der Waals surface area contributed by atoms with Gasteiger partial charge in [0, 0.05) is 28.1 Å². The monoisotopic (exact) mass is 692 g/mol. The minimum absolute atomic E-state index is 0.185. The quantitative estimate of drug-likeness (QED) is 0.161. The third-order valence-electron chi connectivity index (χ3n) is 12.7. The third kappa shape index (κ3) is 3.16. The van der Waals surface area contributed by atoms with Crippen molar-refractivity contribution in [3.63, 3.8) is 0 Å². The number of aromatic nitrogens is 1. The van der Waals surface area contributed by atoms with Crippen molar-refractivity contribution < 1.29 is 13.2 Å². The molecular weight excluding hydrogens is 666 g/mol. The van der Waals surface area contributed by atoms with Crippen LogP contribution in [0.5, 0.6) is 0 Å². The first-order valence-electron chi connectivity index (χ1n) is 18.7. The van der Waals surface area contributed by atoms with Crippen LogP contribution in [-0.4, -0.2) is 11.3 Å². The summed E-state index contributed by atoms with van der Waals surface area (Å²) in [4.78, 5) is 2.48. The van der Waals surface area contributed by atoms with Crippen molar-refractivity contribution in [3.8, 4) is 16.8 Å². The lowest BCUT2D eigenvalue weighted by Gasteiger charge is -2.38. The highest BCUT2D eigenvalue weighted by molar-refractivity contribution is 6.99. The number of allylic oxidation sites excluding steroid dienone is 1. The molecule has 3 aliphatic heterocycles. The van der Waals surface area contributed by atoms with E-state index in [0.717, 1.165) is 89.7 Å². The van der Waals surface area contributed by atoms with Crippen LogP contribution in [0, 0.1) is 5.82 Å². The Labute approximate surface area is 308 Å². The van der Waals surface area contributed by atoms with E-state index < -0.39 is 0 Å². The summed E-state index contributed by atoms with van der Waals surface area (Å²) in [5.41, 5.74) is 17.1. The fraction of sp³-hybridized carbons (Fsp3) is 0.0417. The molecule has 1 unspecified atom stereocenters. The highest BCUT2D eigenvalue weighted by Crippen LogP contribution is 2.55. The number of anilines is 3. The summed E-state index contributed by atoms with van der Waals surface area (Å²) in [5.74, 6) is -0.0648. The van der Waals surface area contributed by atoms with Gasteiger partial charge in [-0.3, -0.25) is 0 Å². The first-order valence-corrected chi connectivity index (χ1v) is 18.7. The van der Waals surface area contributed by atoms with Gasteiger partial charge in [-0.2, -0.15) is 0 Å². The van der Waals surface area contributed by atoms with E-state index in [-0.39, 0.29) is 18.4 Å². The molecule has 10 aromatic rings. The second kappa shape index (κ2) is 9.41. The van der Waals surface area contributed by atoms with E-state index in [2.05, 4.69) is 125 Å². The molecule has 4 nitrogen and oxygen atoms in total. The number of furan rings is 2. The molecule has 0 N–H and O–H groups in total. The number of fused-ring (bicyclic) bond motifs is 8. The molecule has 7 aromatic carbocycles. The maximum Gasteiger partial charge on any atom is 0.342 e. The van der Waals surface area contributed by atoms with Crippen molar-refractivity contribution in [1.82, 2.24) is 4.57 Å². The van der Waals surface area contributed by atoms with E-state index in [9.17, 15) is 4.39 Å². The maximum absolute atomic E-state index is 14.5. The van der Waals surface area contributed by atoms with Gasteiger partial charge in [0.15, 0.2) is 0 Å². The Balaban J connectivity index is 1.25. The molecule has 250 valence electrons. The lowest BCUT2D eigenvalue weighted by Crippen LogP contribution is -2.59. The Morgan fingerprint density at radius 1 is 0.648 bits per heavy atom. The van der Waals surface area contributed by atoms with Crippen LogP contribution in [0.2, 0.25) is 0 Å². The molecule has 0 saturated carbocycles. The Morgan fingerprint density at radius 2 is 1.39 bits per heavy atom. The number of hydrogen-bond acceptors (Lipinski definition) is 3. The Hall–Kier alpha value is -6.79. The van der Waals surface area contributed by atoms with Gasteiger partial charge < -0.3 is 18.3 Å². The van der Waals surface area contributed by atoms with Crippen LogP contribution < -0.4 is 21.7 Å². The van der Waals surface area contributed by atoms with E-state index in [0.29, 0.717) is 0 Å². The van der Waals surface area contributed by atoms with Crippen molar-refractivity contribution in [2.24, 2.45) is 0 Å². The normalized spacial score (nSPS) is 15.8. The van der Waals surface area contributed by atoms with E-state index in [1.54, 1.807) is 12.1 Å². The van der Waals surface area contributed by atoms with Gasteiger partial charge in [0.2, 0.25) is 0 Å². The molecular formula is C48H26BFN2O2. The van der Waals surface area contributed by atoms with Crippen LogP contribution >= 0.6 is 0 Å². The summed E-state index contributed by atoms with van der Waals surface area (Å²) in [6.45, 7) is -0.304. The van der Waals surface area contributed by atoms with Crippen LogP contribution in [0.15, 0.2) is 142 Å². The van der Waals surface area contributed by atoms with Crippen LogP contribution in [0.1, 0.15) is 29.0 Å². The molecule has 0 amide bonds. The van der Waals surface area contributed by atoms with Gasteiger partial charge in [0.25, 0.3) is 0 Å². The molecule has 3 aromatic heterocycles. The van der Waals surface area contributed by atoms with Crippen LogP contribution in [0.3, 0.4) is 0 Å². The molecule has 14 rings (SSSR count). The maximum atomic E-state index is 14.5. The fourth-order valence-corrected chi connectivity index (χ4v) is 10.7. The average Bonchev–Trinajstić information content (AvgIpc) is 3.72. The van der Waals surface area contributed by atoms with Gasteiger partial charge in [0.1, 0.15) is 28.3 Å². The molecule has 0 bridgehead atoms. The van der Waals surface area contributed by atoms with Gasteiger partial charge in [-0.1, -0.05) is 91.0 Å². The third-order valence-corrected chi connectivity index (χ3v) is 12.7. The van der Waals surface area contributed by atoms with E-state index in [4.69, 9.17) is 8.83 Å². The number of rotatable bonds is 1. The van der Waals surface area contributed by atoms with Gasteiger partial charge in [-0.15, -0.1) is 0 Å². The van der Waals surface area contributed by atoms with Gasteiger partial charge in [-0.05, 0) is 104 Å². The molecule has 4 aliphatic rings. The van der Waals surface area contributed by atoms with Gasteiger partial charge in [-0.25, -0.2) is 4.39 Å². The zero-order valence-electron chi connectivity index (χ0n) is 28.7. The first kappa shape index (κ1) is 27.8. The first-order chi connectivity index (χ1) is 26.7. The SMILES string of the molecule is Fc1ccc(-c2cc3c4c(c2)-n2c5cccc6cccc(c7cccc8oc(c2c87)B4c2oc4cccc7c4c2N3c2cccc3c2C7CC=C3)c65)cc1. The highest BCUT2D eigenvalue weighted by atomic mass is 19.1. The van der Waals surface area contributed by atoms with Crippen molar-refractivity contribution in [1.29, 1.82) is 0 Å². The molecule has 54 heavy (non-hydrogen) atoms. The molecule has 6 heteroatoms. The average molecular weight is 693 g/mol. The van der Waals surface area contributed by atoms with Gasteiger partial charge >= 0.3 is 6.71 Å². The van der Waals surface area contributed by atoms with Gasteiger partial charge in [0.05, 0.1) is 27.8 Å². The summed E-state index contributed by atoms with van der Waals surface area (Å²) in [6.07, 6.45) is 5.51. The second-order valence-corrected chi connectivity index (χ2v) is 15.2. The summed E-state index contributed by atoms with van der Waals surface area (Å²) in [6, 6.07) is 44.5.